The molecule has 0 aliphatic heterocycles. The molecule has 17 heavy (non-hydrogen) atoms. The van der Waals surface area contributed by atoms with E-state index in [0.717, 1.165) is 18.6 Å². The molecule has 96 valence electrons. The molecule has 2 unspecified atom stereocenters. The van der Waals surface area contributed by atoms with E-state index in [1.165, 1.54) is 0 Å². The lowest BCUT2D eigenvalue weighted by molar-refractivity contribution is 0.313. The first-order valence-corrected chi connectivity index (χ1v) is 5.86. The fourth-order valence-electron chi connectivity index (χ4n) is 1.50. The Morgan fingerprint density at radius 3 is 2.94 bits per heavy atom. The number of nitrogens with one attached hydrogen (secondary N) is 1. The van der Waals surface area contributed by atoms with Gasteiger partial charge < -0.3 is 20.7 Å². The number of nitrogens with zero attached hydrogens (tertiary/aromatic N) is 1. The average Bonchev–Trinajstić information content (AvgIpc) is 2.85. The molecule has 0 aliphatic carbocycles. The number of hydrogen-bond donors (Lipinski definition) is 3. The molecule has 0 aliphatic rings. The maximum atomic E-state index is 8.52. The number of amidine groups is 1. The third-order valence-corrected chi connectivity index (χ3v) is 2.80. The molecular weight excluding hydrogens is 218 g/mol. The van der Waals surface area contributed by atoms with Gasteiger partial charge in [-0.2, -0.15) is 0 Å². The molecule has 0 aromatic carbocycles. The van der Waals surface area contributed by atoms with Crippen LogP contribution < -0.4 is 11.1 Å². The largest absolute Gasteiger partial charge is 0.469 e. The topological polar surface area (TPSA) is 83.8 Å². The van der Waals surface area contributed by atoms with Crippen LogP contribution in [0.4, 0.5) is 0 Å². The number of furan rings is 1. The van der Waals surface area contributed by atoms with Crippen LogP contribution >= 0.6 is 0 Å². The van der Waals surface area contributed by atoms with Crippen LogP contribution in [0.3, 0.4) is 0 Å². The second-order valence-corrected chi connectivity index (χ2v) is 4.35. The van der Waals surface area contributed by atoms with Gasteiger partial charge in [0.15, 0.2) is 0 Å². The summed E-state index contributed by atoms with van der Waals surface area (Å²) in [4.78, 5) is 0. The summed E-state index contributed by atoms with van der Waals surface area (Å²) in [6.45, 7) is 4.73. The molecule has 0 amide bonds. The van der Waals surface area contributed by atoms with E-state index in [1.807, 2.05) is 19.1 Å². The van der Waals surface area contributed by atoms with Crippen LogP contribution in [0.25, 0.3) is 0 Å². The highest BCUT2D eigenvalue weighted by molar-refractivity contribution is 5.82. The van der Waals surface area contributed by atoms with Crippen LogP contribution in [0.1, 0.15) is 26.0 Å². The second-order valence-electron chi connectivity index (χ2n) is 4.35. The highest BCUT2D eigenvalue weighted by Crippen LogP contribution is 2.06. The van der Waals surface area contributed by atoms with Crippen molar-refractivity contribution >= 4 is 5.84 Å². The van der Waals surface area contributed by atoms with E-state index in [9.17, 15) is 0 Å². The van der Waals surface area contributed by atoms with Gasteiger partial charge in [-0.05, 0) is 25.5 Å². The van der Waals surface area contributed by atoms with Crippen LogP contribution in [0.5, 0.6) is 0 Å². The summed E-state index contributed by atoms with van der Waals surface area (Å²) in [7, 11) is 0. The lowest BCUT2D eigenvalue weighted by Gasteiger charge is -2.16. The Hall–Kier alpha value is -1.49. The monoisotopic (exact) mass is 239 g/mol. The molecule has 0 radical (unpaired) electrons. The van der Waals surface area contributed by atoms with Gasteiger partial charge >= 0.3 is 0 Å². The Morgan fingerprint density at radius 1 is 1.59 bits per heavy atom. The minimum Gasteiger partial charge on any atom is -0.469 e. The van der Waals surface area contributed by atoms with Crippen LogP contribution in [-0.4, -0.2) is 23.6 Å². The predicted octanol–water partition coefficient (Wildman–Crippen LogP) is 1.57. The molecule has 4 N–H and O–H groups in total. The summed E-state index contributed by atoms with van der Waals surface area (Å²) in [5.74, 6) is 1.30. The zero-order chi connectivity index (χ0) is 12.7. The van der Waals surface area contributed by atoms with Crippen molar-refractivity contribution in [2.24, 2.45) is 16.8 Å². The molecule has 0 fully saturated rings. The van der Waals surface area contributed by atoms with Crippen molar-refractivity contribution < 1.29 is 9.62 Å². The average molecular weight is 239 g/mol. The maximum absolute atomic E-state index is 8.52. The number of oxime groups is 1. The first-order chi connectivity index (χ1) is 8.13. The van der Waals surface area contributed by atoms with Gasteiger partial charge in [-0.15, -0.1) is 0 Å². The molecule has 0 bridgehead atoms. The van der Waals surface area contributed by atoms with Gasteiger partial charge in [0.25, 0.3) is 0 Å². The first kappa shape index (κ1) is 13.6. The normalized spacial score (nSPS) is 15.8. The van der Waals surface area contributed by atoms with Gasteiger partial charge in [0, 0.05) is 24.9 Å². The van der Waals surface area contributed by atoms with E-state index >= 15 is 0 Å². The number of aryl methyl sites for hydroxylation is 1. The maximum Gasteiger partial charge on any atom is 0.143 e. The lowest BCUT2D eigenvalue weighted by atomic mass is 10.1. The van der Waals surface area contributed by atoms with E-state index < -0.39 is 0 Å². The molecule has 0 spiro atoms. The molecule has 2 atom stereocenters. The van der Waals surface area contributed by atoms with Crippen molar-refractivity contribution in [3.05, 3.63) is 24.2 Å². The molecule has 0 saturated heterocycles. The van der Waals surface area contributed by atoms with Crippen molar-refractivity contribution in [3.8, 4) is 0 Å². The molecule has 1 heterocycles. The summed E-state index contributed by atoms with van der Waals surface area (Å²) < 4.78 is 5.27. The van der Waals surface area contributed by atoms with Crippen molar-refractivity contribution in [2.75, 3.05) is 6.54 Å². The summed E-state index contributed by atoms with van der Waals surface area (Å²) in [6.07, 6.45) is 3.60. The quantitative estimate of drug-likeness (QED) is 0.292. The number of hydrogen-bond acceptors (Lipinski definition) is 4. The van der Waals surface area contributed by atoms with Gasteiger partial charge in [0.1, 0.15) is 11.6 Å². The molecule has 5 heteroatoms. The van der Waals surface area contributed by atoms with Crippen LogP contribution in [0.2, 0.25) is 0 Å². The van der Waals surface area contributed by atoms with Gasteiger partial charge in [0.2, 0.25) is 0 Å². The predicted molar refractivity (Wildman–Crippen MR) is 67.1 cm³/mol. The number of nitrogens with two attached hydrogens (primary N) is 1. The van der Waals surface area contributed by atoms with E-state index in [-0.39, 0.29) is 11.8 Å². The zero-order valence-electron chi connectivity index (χ0n) is 10.4. The smallest absolute Gasteiger partial charge is 0.143 e. The Morgan fingerprint density at radius 2 is 2.35 bits per heavy atom. The van der Waals surface area contributed by atoms with Gasteiger partial charge in [-0.1, -0.05) is 12.1 Å². The van der Waals surface area contributed by atoms with E-state index in [0.29, 0.717) is 12.6 Å². The van der Waals surface area contributed by atoms with E-state index in [1.54, 1.807) is 6.26 Å². The fourth-order valence-corrected chi connectivity index (χ4v) is 1.50. The van der Waals surface area contributed by atoms with Gasteiger partial charge in [-0.3, -0.25) is 0 Å². The minimum atomic E-state index is 0.0334. The highest BCUT2D eigenvalue weighted by Gasteiger charge is 2.09. The molecule has 1 aromatic rings. The Balaban J connectivity index is 2.19. The molecule has 1 rings (SSSR count). The van der Waals surface area contributed by atoms with Gasteiger partial charge in [0.05, 0.1) is 6.26 Å². The number of rotatable bonds is 7. The van der Waals surface area contributed by atoms with Gasteiger partial charge in [-0.25, -0.2) is 0 Å². The Kier molecular flexibility index (Phi) is 5.56. The van der Waals surface area contributed by atoms with E-state index in [2.05, 4.69) is 17.4 Å². The lowest BCUT2D eigenvalue weighted by Crippen LogP contribution is -2.36. The zero-order valence-corrected chi connectivity index (χ0v) is 10.4. The Bertz CT molecular complexity index is 336. The SMILES string of the molecule is CC(CCc1ccco1)NCC(C)C(N)=NO. The third-order valence-electron chi connectivity index (χ3n) is 2.80. The highest BCUT2D eigenvalue weighted by atomic mass is 16.4. The van der Waals surface area contributed by atoms with Crippen LogP contribution in [0, 0.1) is 5.92 Å². The Labute approximate surface area is 102 Å². The molecule has 0 saturated carbocycles. The van der Waals surface area contributed by atoms with Crippen LogP contribution in [-0.2, 0) is 6.42 Å². The molecular formula is C12H21N3O2. The minimum absolute atomic E-state index is 0.0334. The summed E-state index contributed by atoms with van der Waals surface area (Å²) >= 11 is 0. The summed E-state index contributed by atoms with van der Waals surface area (Å²) in [6, 6.07) is 4.24. The van der Waals surface area contributed by atoms with Crippen molar-refractivity contribution in [2.45, 2.75) is 32.7 Å². The third kappa shape index (κ3) is 4.91. The van der Waals surface area contributed by atoms with Crippen molar-refractivity contribution in [3.63, 3.8) is 0 Å². The fraction of sp³-hybridized carbons (Fsp3) is 0.583. The second kappa shape index (κ2) is 6.96. The van der Waals surface area contributed by atoms with Crippen molar-refractivity contribution in [1.29, 1.82) is 0 Å². The molecule has 5 nitrogen and oxygen atoms in total. The van der Waals surface area contributed by atoms with Crippen LogP contribution in [0.15, 0.2) is 28.0 Å². The summed E-state index contributed by atoms with van der Waals surface area (Å²) in [5, 5.41) is 14.9. The van der Waals surface area contributed by atoms with E-state index in [4.69, 9.17) is 15.4 Å². The van der Waals surface area contributed by atoms with Crippen molar-refractivity contribution in [1.82, 2.24) is 5.32 Å². The summed E-state index contributed by atoms with van der Waals surface area (Å²) in [5.41, 5.74) is 5.50. The first-order valence-electron chi connectivity index (χ1n) is 5.86. The standard InChI is InChI=1S/C12H21N3O2/c1-9(12(13)15-16)8-14-10(2)5-6-11-4-3-7-17-11/h3-4,7,9-10,14,16H,5-6,8H2,1-2H3,(H2,13,15). The molecule has 1 aromatic heterocycles.